The van der Waals surface area contributed by atoms with Gasteiger partial charge in [-0.25, -0.2) is 4.79 Å². The number of anilines is 1. The molecule has 0 spiro atoms. The van der Waals surface area contributed by atoms with Crippen LogP contribution in [0.1, 0.15) is 31.6 Å². The Kier molecular flexibility index (Phi) is 6.59. The fourth-order valence-electron chi connectivity index (χ4n) is 2.92. The van der Waals surface area contributed by atoms with Gasteiger partial charge in [-0.2, -0.15) is 0 Å². The Balaban J connectivity index is 1.44. The van der Waals surface area contributed by atoms with Crippen LogP contribution >= 0.6 is 0 Å². The maximum atomic E-state index is 12.2. The van der Waals surface area contributed by atoms with E-state index in [1.54, 1.807) is 6.26 Å². The molecule has 2 heterocycles. The van der Waals surface area contributed by atoms with Gasteiger partial charge in [-0.05, 0) is 38.5 Å². The van der Waals surface area contributed by atoms with Crippen LogP contribution < -0.4 is 20.1 Å². The number of hydrogen-bond donors (Lipinski definition) is 2. The second-order valence-corrected chi connectivity index (χ2v) is 6.39. The number of carbonyl (C=O) groups is 1. The molecular weight excluding hydrogens is 348 g/mol. The molecule has 0 bridgehead atoms. The number of nitrogens with one attached hydrogen (secondary N) is 2. The van der Waals surface area contributed by atoms with E-state index in [9.17, 15) is 4.79 Å². The first-order valence-corrected chi connectivity index (χ1v) is 9.27. The van der Waals surface area contributed by atoms with Crippen molar-refractivity contribution in [1.82, 2.24) is 5.32 Å². The van der Waals surface area contributed by atoms with Crippen LogP contribution in [0.2, 0.25) is 0 Å². The molecule has 1 aliphatic heterocycles. The minimum atomic E-state index is -0.284. The number of benzene rings is 1. The van der Waals surface area contributed by atoms with Crippen molar-refractivity contribution in [3.05, 3.63) is 41.9 Å². The first kappa shape index (κ1) is 19.1. The van der Waals surface area contributed by atoms with Crippen molar-refractivity contribution in [2.45, 2.75) is 39.4 Å². The minimum Gasteiger partial charge on any atom is -0.492 e. The summed E-state index contributed by atoms with van der Waals surface area (Å²) >= 11 is 0. The lowest BCUT2D eigenvalue weighted by molar-refractivity contribution is 0.104. The zero-order valence-electron chi connectivity index (χ0n) is 15.7. The van der Waals surface area contributed by atoms with Crippen molar-refractivity contribution in [3.8, 4) is 11.5 Å². The molecule has 7 nitrogen and oxygen atoms in total. The minimum absolute atomic E-state index is 0.139. The average molecular weight is 374 g/mol. The molecule has 2 aromatic rings. The van der Waals surface area contributed by atoms with Crippen LogP contribution in [-0.4, -0.2) is 31.9 Å². The van der Waals surface area contributed by atoms with Gasteiger partial charge >= 0.3 is 6.03 Å². The van der Waals surface area contributed by atoms with Gasteiger partial charge in [0.25, 0.3) is 0 Å². The predicted octanol–water partition coefficient (Wildman–Crippen LogP) is 3.73. The molecule has 2 N–H and O–H groups in total. The van der Waals surface area contributed by atoms with Crippen molar-refractivity contribution in [3.63, 3.8) is 0 Å². The zero-order chi connectivity index (χ0) is 19.1. The van der Waals surface area contributed by atoms with E-state index in [4.69, 9.17) is 18.6 Å². The van der Waals surface area contributed by atoms with E-state index >= 15 is 0 Å². The average Bonchev–Trinajstić information content (AvgIpc) is 3.27. The van der Waals surface area contributed by atoms with Crippen LogP contribution in [0.25, 0.3) is 0 Å². The third-order valence-electron chi connectivity index (χ3n) is 4.12. The van der Waals surface area contributed by atoms with Gasteiger partial charge in [0.05, 0.1) is 18.6 Å². The van der Waals surface area contributed by atoms with E-state index in [1.807, 2.05) is 38.1 Å². The van der Waals surface area contributed by atoms with Gasteiger partial charge in [0.15, 0.2) is 0 Å². The fourth-order valence-corrected chi connectivity index (χ4v) is 2.92. The summed E-state index contributed by atoms with van der Waals surface area (Å²) in [4.78, 5) is 12.2. The van der Waals surface area contributed by atoms with E-state index in [-0.39, 0.29) is 12.1 Å². The van der Waals surface area contributed by atoms with Crippen molar-refractivity contribution >= 4 is 11.7 Å². The third-order valence-corrected chi connectivity index (χ3v) is 4.12. The quantitative estimate of drug-likeness (QED) is 0.654. The Morgan fingerprint density at radius 2 is 2.26 bits per heavy atom. The van der Waals surface area contributed by atoms with Gasteiger partial charge in [0.1, 0.15) is 30.0 Å². The molecule has 1 unspecified atom stereocenters. The first-order chi connectivity index (χ1) is 13.2. The largest absolute Gasteiger partial charge is 0.492 e. The number of fused-ring (bicyclic) bond motifs is 1. The number of ether oxygens (including phenoxy) is 3. The SMILES string of the molecule is CCOc1cc2c(cc1NC(=O)NCCCOCc1ccco1)OC(C)C2. The molecule has 3 rings (SSSR count). The van der Waals surface area contributed by atoms with Crippen molar-refractivity contribution < 1.29 is 23.4 Å². The second-order valence-electron chi connectivity index (χ2n) is 6.39. The number of hydrogen-bond acceptors (Lipinski definition) is 5. The van der Waals surface area contributed by atoms with Crippen molar-refractivity contribution in [1.29, 1.82) is 0 Å². The first-order valence-electron chi connectivity index (χ1n) is 9.27. The molecule has 0 saturated carbocycles. The van der Waals surface area contributed by atoms with Crippen LogP contribution in [0, 0.1) is 0 Å². The molecule has 0 fully saturated rings. The molecule has 7 heteroatoms. The molecule has 0 saturated heterocycles. The molecule has 27 heavy (non-hydrogen) atoms. The Bertz CT molecular complexity index is 745. The normalized spacial score (nSPS) is 15.1. The number of rotatable bonds is 9. The highest BCUT2D eigenvalue weighted by Gasteiger charge is 2.22. The maximum absolute atomic E-state index is 12.2. The van der Waals surface area contributed by atoms with Gasteiger partial charge in [-0.3, -0.25) is 0 Å². The van der Waals surface area contributed by atoms with Crippen molar-refractivity contribution in [2.75, 3.05) is 25.1 Å². The smallest absolute Gasteiger partial charge is 0.319 e. The Morgan fingerprint density at radius 3 is 3.04 bits per heavy atom. The summed E-state index contributed by atoms with van der Waals surface area (Å²) in [5.74, 6) is 2.25. The summed E-state index contributed by atoms with van der Waals surface area (Å²) in [5.41, 5.74) is 1.71. The monoisotopic (exact) mass is 374 g/mol. The van der Waals surface area contributed by atoms with Crippen LogP contribution in [-0.2, 0) is 17.8 Å². The lowest BCUT2D eigenvalue weighted by atomic mass is 10.1. The number of furan rings is 1. The number of urea groups is 1. The summed E-state index contributed by atoms with van der Waals surface area (Å²) in [6, 6.07) is 7.18. The summed E-state index contributed by atoms with van der Waals surface area (Å²) in [5, 5.41) is 5.66. The maximum Gasteiger partial charge on any atom is 0.319 e. The van der Waals surface area contributed by atoms with Gasteiger partial charge in [0, 0.05) is 31.2 Å². The van der Waals surface area contributed by atoms with Crippen LogP contribution in [0.4, 0.5) is 10.5 Å². The second kappa shape index (κ2) is 9.32. The van der Waals surface area contributed by atoms with E-state index in [2.05, 4.69) is 10.6 Å². The summed E-state index contributed by atoms with van der Waals surface area (Å²) < 4.78 is 22.1. The molecule has 146 valence electrons. The van der Waals surface area contributed by atoms with Crippen LogP contribution in [0.5, 0.6) is 11.5 Å². The van der Waals surface area contributed by atoms with Gasteiger partial charge in [-0.1, -0.05) is 0 Å². The number of amides is 2. The molecular formula is C20H26N2O5. The van der Waals surface area contributed by atoms with Crippen LogP contribution in [0.3, 0.4) is 0 Å². The molecule has 1 aromatic heterocycles. The molecule has 0 radical (unpaired) electrons. The van der Waals surface area contributed by atoms with E-state index in [0.29, 0.717) is 44.2 Å². The Hall–Kier alpha value is -2.67. The zero-order valence-corrected chi connectivity index (χ0v) is 15.7. The van der Waals surface area contributed by atoms with Gasteiger partial charge < -0.3 is 29.3 Å². The molecule has 1 atom stereocenters. The third kappa shape index (κ3) is 5.40. The predicted molar refractivity (Wildman–Crippen MR) is 101 cm³/mol. The summed E-state index contributed by atoms with van der Waals surface area (Å²) in [6.45, 7) is 5.94. The lowest BCUT2D eigenvalue weighted by Gasteiger charge is -2.14. The van der Waals surface area contributed by atoms with Crippen molar-refractivity contribution in [2.24, 2.45) is 0 Å². The molecule has 2 amide bonds. The standard InChI is InChI=1S/C20H26N2O5/c1-3-25-19-11-15-10-14(2)27-18(15)12-17(19)22-20(23)21-7-5-8-24-13-16-6-4-9-26-16/h4,6,9,11-12,14H,3,5,7-8,10,13H2,1-2H3,(H2,21,22,23). The van der Waals surface area contributed by atoms with E-state index < -0.39 is 0 Å². The highest BCUT2D eigenvalue weighted by molar-refractivity contribution is 5.91. The Labute approximate surface area is 159 Å². The van der Waals surface area contributed by atoms with Crippen LogP contribution in [0.15, 0.2) is 34.9 Å². The molecule has 1 aliphatic rings. The molecule has 0 aliphatic carbocycles. The fraction of sp³-hybridized carbons (Fsp3) is 0.450. The Morgan fingerprint density at radius 1 is 1.37 bits per heavy atom. The highest BCUT2D eigenvalue weighted by atomic mass is 16.5. The lowest BCUT2D eigenvalue weighted by Crippen LogP contribution is -2.30. The van der Waals surface area contributed by atoms with Gasteiger partial charge in [0.2, 0.25) is 0 Å². The molecule has 1 aromatic carbocycles. The summed E-state index contributed by atoms with van der Waals surface area (Å²) in [7, 11) is 0. The number of carbonyl (C=O) groups excluding carboxylic acids is 1. The van der Waals surface area contributed by atoms with Gasteiger partial charge in [-0.15, -0.1) is 0 Å². The van der Waals surface area contributed by atoms with E-state index in [1.165, 1.54) is 0 Å². The van der Waals surface area contributed by atoms with E-state index in [0.717, 1.165) is 23.5 Å². The highest BCUT2D eigenvalue weighted by Crippen LogP contribution is 2.37. The summed E-state index contributed by atoms with van der Waals surface area (Å²) in [6.07, 6.45) is 3.31. The topological polar surface area (TPSA) is 82.0 Å².